The fraction of sp³-hybridized carbons (Fsp3) is 0.625. The minimum Gasteiger partial charge on any atom is -0.392 e. The molecular weight excluding hydrogens is 197 g/mol. The summed E-state index contributed by atoms with van der Waals surface area (Å²) in [6.07, 6.45) is -3.43. The molecule has 0 aromatic carbocycles. The molecule has 1 rings (SSSR count). The van der Waals surface area contributed by atoms with Gasteiger partial charge in [-0.3, -0.25) is 4.68 Å². The van der Waals surface area contributed by atoms with E-state index in [0.29, 0.717) is 0 Å². The van der Waals surface area contributed by atoms with Gasteiger partial charge in [-0.2, -0.15) is 18.3 Å². The van der Waals surface area contributed by atoms with E-state index in [-0.39, 0.29) is 11.6 Å². The zero-order valence-corrected chi connectivity index (χ0v) is 7.84. The molecule has 80 valence electrons. The van der Waals surface area contributed by atoms with E-state index in [9.17, 15) is 13.2 Å². The third kappa shape index (κ3) is 1.89. The molecule has 0 bridgehead atoms. The van der Waals surface area contributed by atoms with Crippen molar-refractivity contribution in [3.05, 3.63) is 17.5 Å². The van der Waals surface area contributed by atoms with Crippen molar-refractivity contribution in [2.75, 3.05) is 0 Å². The van der Waals surface area contributed by atoms with Gasteiger partial charge >= 0.3 is 6.18 Å². The van der Waals surface area contributed by atoms with Gasteiger partial charge in [0.2, 0.25) is 0 Å². The molecule has 0 aliphatic heterocycles. The van der Waals surface area contributed by atoms with Crippen molar-refractivity contribution in [1.82, 2.24) is 9.78 Å². The van der Waals surface area contributed by atoms with Gasteiger partial charge in [0.1, 0.15) is 5.69 Å². The summed E-state index contributed by atoms with van der Waals surface area (Å²) < 4.78 is 38.4. The van der Waals surface area contributed by atoms with Crippen LogP contribution in [0.4, 0.5) is 13.2 Å². The van der Waals surface area contributed by atoms with Crippen molar-refractivity contribution < 1.29 is 18.3 Å². The fourth-order valence-corrected chi connectivity index (χ4v) is 1.22. The van der Waals surface area contributed by atoms with Gasteiger partial charge in [-0.1, -0.05) is 0 Å². The number of nitrogens with zero attached hydrogens (tertiary/aromatic N) is 2. The summed E-state index contributed by atoms with van der Waals surface area (Å²) in [6.45, 7) is 2.55. The standard InChI is InChI=1S/C8H11F3N2O/c1-5(2)13-7(8(9,10)11)6(4-14)3-12-13/h3,5,14H,4H2,1-2H3. The van der Waals surface area contributed by atoms with Gasteiger partial charge in [0, 0.05) is 11.6 Å². The second-order valence-corrected chi connectivity index (χ2v) is 3.21. The van der Waals surface area contributed by atoms with E-state index >= 15 is 0 Å². The number of halogens is 3. The van der Waals surface area contributed by atoms with Crippen molar-refractivity contribution in [2.24, 2.45) is 0 Å². The van der Waals surface area contributed by atoms with Gasteiger partial charge in [0.25, 0.3) is 0 Å². The van der Waals surface area contributed by atoms with Crippen LogP contribution in [0.15, 0.2) is 6.20 Å². The Bertz CT molecular complexity index is 317. The molecule has 1 heterocycles. The van der Waals surface area contributed by atoms with E-state index in [2.05, 4.69) is 5.10 Å². The Labute approximate surface area is 79.2 Å². The molecule has 0 unspecified atom stereocenters. The fourth-order valence-electron chi connectivity index (χ4n) is 1.22. The largest absolute Gasteiger partial charge is 0.433 e. The maximum absolute atomic E-state index is 12.5. The van der Waals surface area contributed by atoms with Crippen molar-refractivity contribution >= 4 is 0 Å². The van der Waals surface area contributed by atoms with Crippen LogP contribution in [-0.2, 0) is 12.8 Å². The average Bonchev–Trinajstić information content (AvgIpc) is 2.45. The lowest BCUT2D eigenvalue weighted by molar-refractivity contribution is -0.145. The number of hydrogen-bond donors (Lipinski definition) is 1. The molecular formula is C8H11F3N2O. The highest BCUT2D eigenvalue weighted by atomic mass is 19.4. The summed E-state index contributed by atoms with van der Waals surface area (Å²) in [4.78, 5) is 0. The zero-order chi connectivity index (χ0) is 10.9. The second-order valence-electron chi connectivity index (χ2n) is 3.21. The Hall–Kier alpha value is -1.04. The minimum atomic E-state index is -4.47. The van der Waals surface area contributed by atoms with Crippen LogP contribution < -0.4 is 0 Å². The van der Waals surface area contributed by atoms with Crippen LogP contribution in [0.3, 0.4) is 0 Å². The highest BCUT2D eigenvalue weighted by Gasteiger charge is 2.38. The molecule has 0 saturated heterocycles. The normalized spacial score (nSPS) is 12.5. The summed E-state index contributed by atoms with van der Waals surface area (Å²) in [5.41, 5.74) is -1.05. The highest BCUT2D eigenvalue weighted by Crippen LogP contribution is 2.33. The van der Waals surface area contributed by atoms with Crippen LogP contribution in [-0.4, -0.2) is 14.9 Å². The molecule has 0 saturated carbocycles. The maximum atomic E-state index is 12.5. The lowest BCUT2D eigenvalue weighted by atomic mass is 10.2. The van der Waals surface area contributed by atoms with E-state index in [1.54, 1.807) is 13.8 Å². The molecule has 1 aromatic rings. The Kier molecular flexibility index (Phi) is 2.84. The van der Waals surface area contributed by atoms with Gasteiger partial charge in [-0.25, -0.2) is 0 Å². The molecule has 6 heteroatoms. The summed E-state index contributed by atoms with van der Waals surface area (Å²) >= 11 is 0. The van der Waals surface area contributed by atoms with Crippen LogP contribution in [0.1, 0.15) is 31.1 Å². The molecule has 0 fully saturated rings. The van der Waals surface area contributed by atoms with Crippen LogP contribution >= 0.6 is 0 Å². The quantitative estimate of drug-likeness (QED) is 0.806. The van der Waals surface area contributed by atoms with Gasteiger partial charge in [-0.15, -0.1) is 0 Å². The number of hydrogen-bond acceptors (Lipinski definition) is 2. The summed E-state index contributed by atoms with van der Waals surface area (Å²) in [5.74, 6) is 0. The van der Waals surface area contributed by atoms with E-state index < -0.39 is 18.5 Å². The smallest absolute Gasteiger partial charge is 0.392 e. The molecule has 14 heavy (non-hydrogen) atoms. The monoisotopic (exact) mass is 208 g/mol. The number of aliphatic hydroxyl groups is 1. The van der Waals surface area contributed by atoms with E-state index in [1.807, 2.05) is 0 Å². The Morgan fingerprint density at radius 3 is 2.43 bits per heavy atom. The first kappa shape index (κ1) is 11.0. The van der Waals surface area contributed by atoms with Gasteiger partial charge in [0.15, 0.2) is 0 Å². The van der Waals surface area contributed by atoms with Crippen molar-refractivity contribution in [3.63, 3.8) is 0 Å². The average molecular weight is 208 g/mol. The second kappa shape index (κ2) is 3.61. The van der Waals surface area contributed by atoms with Gasteiger partial charge in [-0.05, 0) is 13.8 Å². The number of alkyl halides is 3. The third-order valence-electron chi connectivity index (χ3n) is 1.80. The summed E-state index contributed by atoms with van der Waals surface area (Å²) in [5, 5.41) is 12.3. The number of rotatable bonds is 2. The Morgan fingerprint density at radius 1 is 1.50 bits per heavy atom. The topological polar surface area (TPSA) is 38.0 Å². The molecule has 1 N–H and O–H groups in total. The molecule has 0 atom stereocenters. The molecule has 0 spiro atoms. The summed E-state index contributed by atoms with van der Waals surface area (Å²) in [6, 6.07) is -0.382. The van der Waals surface area contributed by atoms with Crippen molar-refractivity contribution in [1.29, 1.82) is 0 Å². The molecule has 0 aliphatic carbocycles. The zero-order valence-electron chi connectivity index (χ0n) is 7.84. The van der Waals surface area contributed by atoms with E-state index in [4.69, 9.17) is 5.11 Å². The minimum absolute atomic E-state index is 0.189. The SMILES string of the molecule is CC(C)n1ncc(CO)c1C(F)(F)F. The maximum Gasteiger partial charge on any atom is 0.433 e. The van der Waals surface area contributed by atoms with E-state index in [0.717, 1.165) is 10.9 Å². The van der Waals surface area contributed by atoms with Gasteiger partial charge < -0.3 is 5.11 Å². The van der Waals surface area contributed by atoms with Gasteiger partial charge in [0.05, 0.1) is 12.8 Å². The third-order valence-corrected chi connectivity index (χ3v) is 1.80. The highest BCUT2D eigenvalue weighted by molar-refractivity contribution is 5.20. The van der Waals surface area contributed by atoms with Crippen LogP contribution in [0.25, 0.3) is 0 Å². The van der Waals surface area contributed by atoms with Crippen LogP contribution in [0, 0.1) is 0 Å². The predicted molar refractivity (Wildman–Crippen MR) is 43.5 cm³/mol. The van der Waals surface area contributed by atoms with Crippen LogP contribution in [0.2, 0.25) is 0 Å². The first-order valence-electron chi connectivity index (χ1n) is 4.12. The summed E-state index contributed by atoms with van der Waals surface area (Å²) in [7, 11) is 0. The van der Waals surface area contributed by atoms with Crippen molar-refractivity contribution in [2.45, 2.75) is 32.7 Å². The number of aliphatic hydroxyl groups excluding tert-OH is 1. The predicted octanol–water partition coefficient (Wildman–Crippen LogP) is 1.98. The number of aromatic nitrogens is 2. The molecule has 0 amide bonds. The molecule has 0 radical (unpaired) electrons. The molecule has 0 aliphatic rings. The lowest BCUT2D eigenvalue weighted by Gasteiger charge is -2.14. The molecule has 3 nitrogen and oxygen atoms in total. The molecule has 1 aromatic heterocycles. The Morgan fingerprint density at radius 2 is 2.07 bits per heavy atom. The Balaban J connectivity index is 3.27. The van der Waals surface area contributed by atoms with E-state index in [1.165, 1.54) is 0 Å². The lowest BCUT2D eigenvalue weighted by Crippen LogP contribution is -2.18. The van der Waals surface area contributed by atoms with Crippen LogP contribution in [0.5, 0.6) is 0 Å². The first-order valence-corrected chi connectivity index (χ1v) is 4.12. The first-order chi connectivity index (χ1) is 6.38. The van der Waals surface area contributed by atoms with Crippen molar-refractivity contribution in [3.8, 4) is 0 Å².